The Bertz CT molecular complexity index is 722. The molecule has 1 aromatic carbocycles. The van der Waals surface area contributed by atoms with Crippen LogP contribution in [0, 0.1) is 5.92 Å². The Balaban J connectivity index is 1.33. The van der Waals surface area contributed by atoms with Crippen molar-refractivity contribution in [2.75, 3.05) is 41.8 Å². The Kier molecular flexibility index (Phi) is 5.72. The molecular formula is C21H29N5O. The van der Waals surface area contributed by atoms with Crippen molar-refractivity contribution in [2.45, 2.75) is 38.7 Å². The van der Waals surface area contributed by atoms with Crippen LogP contribution < -0.4 is 15.5 Å². The maximum Gasteiger partial charge on any atom is 0.135 e. The molecule has 0 radical (unpaired) electrons. The lowest BCUT2D eigenvalue weighted by Crippen LogP contribution is -2.32. The van der Waals surface area contributed by atoms with Crippen LogP contribution in [0.5, 0.6) is 0 Å². The van der Waals surface area contributed by atoms with Crippen molar-refractivity contribution >= 4 is 23.0 Å². The number of anilines is 4. The van der Waals surface area contributed by atoms with Crippen LogP contribution in [0.25, 0.3) is 0 Å². The zero-order valence-electron chi connectivity index (χ0n) is 16.0. The van der Waals surface area contributed by atoms with Crippen LogP contribution in [0.3, 0.4) is 0 Å². The molecular weight excluding hydrogens is 338 g/mol. The van der Waals surface area contributed by atoms with E-state index in [0.717, 1.165) is 62.3 Å². The third-order valence-electron chi connectivity index (χ3n) is 5.49. The molecule has 2 N–H and O–H groups in total. The monoisotopic (exact) mass is 367 g/mol. The van der Waals surface area contributed by atoms with Crippen molar-refractivity contribution in [3.63, 3.8) is 0 Å². The van der Waals surface area contributed by atoms with E-state index < -0.39 is 0 Å². The Hall–Kier alpha value is -2.34. The largest absolute Gasteiger partial charge is 0.376 e. The first kappa shape index (κ1) is 18.0. The van der Waals surface area contributed by atoms with E-state index in [1.165, 1.54) is 18.5 Å². The van der Waals surface area contributed by atoms with Gasteiger partial charge in [-0.2, -0.15) is 0 Å². The second kappa shape index (κ2) is 8.57. The average molecular weight is 367 g/mol. The van der Waals surface area contributed by atoms with Crippen molar-refractivity contribution in [1.82, 2.24) is 9.97 Å². The van der Waals surface area contributed by atoms with E-state index in [2.05, 4.69) is 56.7 Å². The van der Waals surface area contributed by atoms with E-state index in [9.17, 15) is 0 Å². The summed E-state index contributed by atoms with van der Waals surface area (Å²) in [4.78, 5) is 11.1. The molecule has 2 aliphatic heterocycles. The molecule has 0 aliphatic carbocycles. The maximum absolute atomic E-state index is 5.64. The third-order valence-corrected chi connectivity index (χ3v) is 5.49. The van der Waals surface area contributed by atoms with E-state index in [0.29, 0.717) is 6.10 Å². The number of hydrogen-bond acceptors (Lipinski definition) is 6. The van der Waals surface area contributed by atoms with Crippen LogP contribution in [-0.2, 0) is 4.74 Å². The molecule has 1 atom stereocenters. The quantitative estimate of drug-likeness (QED) is 0.803. The zero-order chi connectivity index (χ0) is 18.5. The normalized spacial score (nSPS) is 20.6. The van der Waals surface area contributed by atoms with Crippen molar-refractivity contribution < 1.29 is 4.74 Å². The molecule has 6 heteroatoms. The minimum absolute atomic E-state index is 0.293. The second-order valence-electron chi connectivity index (χ2n) is 7.65. The highest BCUT2D eigenvalue weighted by molar-refractivity contribution is 5.62. The number of ether oxygens (including phenoxy) is 1. The van der Waals surface area contributed by atoms with Gasteiger partial charge < -0.3 is 20.3 Å². The Morgan fingerprint density at radius 2 is 1.85 bits per heavy atom. The first-order chi connectivity index (χ1) is 13.3. The molecule has 0 amide bonds. The summed E-state index contributed by atoms with van der Waals surface area (Å²) < 4.78 is 5.64. The van der Waals surface area contributed by atoms with E-state index in [-0.39, 0.29) is 0 Å². The van der Waals surface area contributed by atoms with Crippen molar-refractivity contribution in [2.24, 2.45) is 5.92 Å². The molecule has 144 valence electrons. The van der Waals surface area contributed by atoms with E-state index >= 15 is 0 Å². The summed E-state index contributed by atoms with van der Waals surface area (Å²) >= 11 is 0. The standard InChI is InChI=1S/C21H29N5O/c1-16-8-10-26(11-9-16)18-6-4-17(5-7-18)25-21-13-20(23-15-24-21)22-14-19-3-2-12-27-19/h4-7,13,15-16,19H,2-3,8-12,14H2,1H3,(H2,22,23,24,25). The molecule has 6 nitrogen and oxygen atoms in total. The summed E-state index contributed by atoms with van der Waals surface area (Å²) in [6.07, 6.45) is 6.71. The highest BCUT2D eigenvalue weighted by atomic mass is 16.5. The lowest BCUT2D eigenvalue weighted by molar-refractivity contribution is 0.120. The summed E-state index contributed by atoms with van der Waals surface area (Å²) in [7, 11) is 0. The molecule has 2 saturated heterocycles. The molecule has 2 aliphatic rings. The van der Waals surface area contributed by atoms with Gasteiger partial charge in [0.1, 0.15) is 18.0 Å². The zero-order valence-corrected chi connectivity index (χ0v) is 16.0. The van der Waals surface area contributed by atoms with Crippen molar-refractivity contribution in [3.8, 4) is 0 Å². The molecule has 2 fully saturated rings. The second-order valence-corrected chi connectivity index (χ2v) is 7.65. The molecule has 0 spiro atoms. The highest BCUT2D eigenvalue weighted by Gasteiger charge is 2.16. The number of rotatable bonds is 6. The fraction of sp³-hybridized carbons (Fsp3) is 0.524. The van der Waals surface area contributed by atoms with Gasteiger partial charge in [-0.15, -0.1) is 0 Å². The van der Waals surface area contributed by atoms with Gasteiger partial charge in [0.25, 0.3) is 0 Å². The predicted molar refractivity (Wildman–Crippen MR) is 110 cm³/mol. The van der Waals surface area contributed by atoms with E-state index in [1.54, 1.807) is 6.33 Å². The number of hydrogen-bond donors (Lipinski definition) is 2. The summed E-state index contributed by atoms with van der Waals surface area (Å²) in [6, 6.07) is 10.6. The van der Waals surface area contributed by atoms with E-state index in [4.69, 9.17) is 4.74 Å². The molecule has 27 heavy (non-hydrogen) atoms. The maximum atomic E-state index is 5.64. The average Bonchev–Trinajstić information content (AvgIpc) is 3.22. The lowest BCUT2D eigenvalue weighted by atomic mass is 9.99. The fourth-order valence-corrected chi connectivity index (χ4v) is 3.72. The van der Waals surface area contributed by atoms with Crippen LogP contribution in [0.4, 0.5) is 23.0 Å². The molecule has 0 bridgehead atoms. The smallest absolute Gasteiger partial charge is 0.135 e. The Labute approximate surface area is 161 Å². The fourth-order valence-electron chi connectivity index (χ4n) is 3.72. The molecule has 0 saturated carbocycles. The van der Waals surface area contributed by atoms with Crippen molar-refractivity contribution in [1.29, 1.82) is 0 Å². The van der Waals surface area contributed by atoms with Crippen LogP contribution in [0.15, 0.2) is 36.7 Å². The van der Waals surface area contributed by atoms with Gasteiger partial charge in [-0.1, -0.05) is 6.92 Å². The molecule has 1 unspecified atom stereocenters. The number of piperidine rings is 1. The van der Waals surface area contributed by atoms with E-state index in [1.807, 2.05) is 6.07 Å². The van der Waals surface area contributed by atoms with Gasteiger partial charge >= 0.3 is 0 Å². The number of aromatic nitrogens is 2. The summed E-state index contributed by atoms with van der Waals surface area (Å²) in [6.45, 7) is 6.31. The first-order valence-corrected chi connectivity index (χ1v) is 10.1. The predicted octanol–water partition coefficient (Wildman–Crippen LogP) is 4.05. The van der Waals surface area contributed by atoms with Gasteiger partial charge in [0, 0.05) is 43.7 Å². The summed E-state index contributed by atoms with van der Waals surface area (Å²) in [5.74, 6) is 2.46. The van der Waals surface area contributed by atoms with Crippen LogP contribution >= 0.6 is 0 Å². The van der Waals surface area contributed by atoms with Crippen LogP contribution in [0.1, 0.15) is 32.6 Å². The minimum atomic E-state index is 0.293. The van der Waals surface area contributed by atoms with Crippen LogP contribution in [-0.4, -0.2) is 42.3 Å². The van der Waals surface area contributed by atoms with Gasteiger partial charge in [-0.05, 0) is 55.9 Å². The highest BCUT2D eigenvalue weighted by Crippen LogP contribution is 2.25. The molecule has 1 aromatic heterocycles. The Morgan fingerprint density at radius 3 is 2.59 bits per heavy atom. The SMILES string of the molecule is CC1CCN(c2ccc(Nc3cc(NCC4CCCO4)ncn3)cc2)CC1. The first-order valence-electron chi connectivity index (χ1n) is 10.1. The lowest BCUT2D eigenvalue weighted by Gasteiger charge is -2.32. The number of benzene rings is 1. The van der Waals surface area contributed by atoms with Gasteiger partial charge in [0.2, 0.25) is 0 Å². The van der Waals surface area contributed by atoms with Crippen LogP contribution in [0.2, 0.25) is 0 Å². The van der Waals surface area contributed by atoms with Crippen molar-refractivity contribution in [3.05, 3.63) is 36.7 Å². The Morgan fingerprint density at radius 1 is 1.07 bits per heavy atom. The van der Waals surface area contributed by atoms with Gasteiger partial charge in [0.05, 0.1) is 6.10 Å². The topological polar surface area (TPSA) is 62.3 Å². The van der Waals surface area contributed by atoms with Gasteiger partial charge in [-0.3, -0.25) is 0 Å². The van der Waals surface area contributed by atoms with Gasteiger partial charge in [0.15, 0.2) is 0 Å². The molecule has 2 aromatic rings. The summed E-state index contributed by atoms with van der Waals surface area (Å²) in [5.41, 5.74) is 2.34. The number of nitrogens with one attached hydrogen (secondary N) is 2. The van der Waals surface area contributed by atoms with Gasteiger partial charge in [-0.25, -0.2) is 9.97 Å². The molecule has 3 heterocycles. The molecule has 4 rings (SSSR count). The third kappa shape index (κ3) is 4.89. The minimum Gasteiger partial charge on any atom is -0.376 e. The summed E-state index contributed by atoms with van der Waals surface area (Å²) in [5, 5.41) is 6.71. The number of nitrogens with zero attached hydrogens (tertiary/aromatic N) is 3.